The predicted molar refractivity (Wildman–Crippen MR) is 119 cm³/mol. The van der Waals surface area contributed by atoms with E-state index in [1.807, 2.05) is 43.5 Å². The zero-order chi connectivity index (χ0) is 21.4. The number of imide groups is 1. The zero-order valence-electron chi connectivity index (χ0n) is 16.3. The van der Waals surface area contributed by atoms with Gasteiger partial charge in [-0.15, -0.1) is 11.3 Å². The first-order valence-electron chi connectivity index (χ1n) is 9.36. The normalized spacial score (nSPS) is 14.2. The van der Waals surface area contributed by atoms with Crippen molar-refractivity contribution in [2.24, 2.45) is 5.92 Å². The Bertz CT molecular complexity index is 1110. The summed E-state index contributed by atoms with van der Waals surface area (Å²) >= 11 is 4.70. The number of anilines is 1. The fourth-order valence-electron chi connectivity index (χ4n) is 3.44. The topological polar surface area (TPSA) is 79.4 Å². The lowest BCUT2D eigenvalue weighted by molar-refractivity contribution is -0.121. The van der Waals surface area contributed by atoms with Crippen LogP contribution in [-0.2, 0) is 4.79 Å². The molecule has 1 aromatic heterocycles. The van der Waals surface area contributed by atoms with Crippen LogP contribution in [0.4, 0.5) is 5.13 Å². The molecule has 2 heterocycles. The van der Waals surface area contributed by atoms with Crippen molar-refractivity contribution in [2.45, 2.75) is 19.9 Å². The van der Waals surface area contributed by atoms with Crippen molar-refractivity contribution >= 4 is 50.1 Å². The highest BCUT2D eigenvalue weighted by atomic mass is 79.9. The number of fused-ring (bicyclic) bond motifs is 1. The molecule has 0 saturated carbocycles. The molecule has 3 amide bonds. The van der Waals surface area contributed by atoms with Gasteiger partial charge >= 0.3 is 0 Å². The van der Waals surface area contributed by atoms with Crippen LogP contribution in [0.5, 0.6) is 0 Å². The van der Waals surface area contributed by atoms with Crippen LogP contribution in [-0.4, -0.2) is 33.6 Å². The van der Waals surface area contributed by atoms with E-state index in [-0.39, 0.29) is 5.92 Å². The van der Waals surface area contributed by atoms with Crippen LogP contribution in [0, 0.1) is 5.92 Å². The van der Waals surface area contributed by atoms with Crippen LogP contribution in [0.15, 0.2) is 58.4 Å². The van der Waals surface area contributed by atoms with Gasteiger partial charge in [0.1, 0.15) is 6.04 Å². The van der Waals surface area contributed by atoms with Gasteiger partial charge in [-0.05, 0) is 30.2 Å². The molecule has 3 aromatic rings. The lowest BCUT2D eigenvalue weighted by Gasteiger charge is -2.27. The van der Waals surface area contributed by atoms with E-state index in [0.29, 0.717) is 16.3 Å². The number of benzene rings is 2. The van der Waals surface area contributed by atoms with Crippen LogP contribution in [0.1, 0.15) is 34.6 Å². The Kier molecular flexibility index (Phi) is 5.53. The molecular formula is C22H18BrN3O3S. The molecule has 0 bridgehead atoms. The number of thiazole rings is 1. The Morgan fingerprint density at radius 3 is 2.20 bits per heavy atom. The molecule has 0 spiro atoms. The van der Waals surface area contributed by atoms with E-state index in [2.05, 4.69) is 26.2 Å². The van der Waals surface area contributed by atoms with Gasteiger partial charge in [-0.2, -0.15) is 0 Å². The van der Waals surface area contributed by atoms with Crippen molar-refractivity contribution in [3.8, 4) is 11.3 Å². The number of carbonyl (C=O) groups is 3. The molecule has 0 aliphatic carbocycles. The fourth-order valence-corrected chi connectivity index (χ4v) is 4.43. The smallest absolute Gasteiger partial charge is 0.262 e. The van der Waals surface area contributed by atoms with Crippen LogP contribution < -0.4 is 5.32 Å². The molecule has 1 N–H and O–H groups in total. The SMILES string of the molecule is CC(C)[C@@H](C(=O)Nc1nc(-c2ccc(Br)cc2)cs1)N1C(=O)c2ccccc2C1=O. The molecule has 0 fully saturated rings. The number of amides is 3. The highest BCUT2D eigenvalue weighted by Crippen LogP contribution is 2.29. The van der Waals surface area contributed by atoms with Crippen LogP contribution in [0.2, 0.25) is 0 Å². The Balaban J connectivity index is 1.56. The highest BCUT2D eigenvalue weighted by Gasteiger charge is 2.44. The maximum atomic E-state index is 13.1. The minimum atomic E-state index is -0.933. The summed E-state index contributed by atoms with van der Waals surface area (Å²) in [6.07, 6.45) is 0. The van der Waals surface area contributed by atoms with E-state index in [1.165, 1.54) is 11.3 Å². The first-order valence-corrected chi connectivity index (χ1v) is 11.0. The molecule has 0 radical (unpaired) electrons. The van der Waals surface area contributed by atoms with Crippen LogP contribution in [0.25, 0.3) is 11.3 Å². The third-order valence-corrected chi connectivity index (χ3v) is 6.16. The van der Waals surface area contributed by atoms with E-state index in [0.717, 1.165) is 20.6 Å². The average molecular weight is 484 g/mol. The fraction of sp³-hybridized carbons (Fsp3) is 0.182. The van der Waals surface area contributed by atoms with Crippen molar-refractivity contribution in [1.82, 2.24) is 9.88 Å². The second-order valence-corrected chi connectivity index (χ2v) is 9.02. The number of nitrogens with one attached hydrogen (secondary N) is 1. The van der Waals surface area contributed by atoms with Crippen LogP contribution in [0.3, 0.4) is 0 Å². The van der Waals surface area contributed by atoms with Crippen LogP contribution >= 0.6 is 27.3 Å². The van der Waals surface area contributed by atoms with Gasteiger partial charge in [0.25, 0.3) is 11.8 Å². The molecule has 0 saturated heterocycles. The second kappa shape index (κ2) is 8.12. The summed E-state index contributed by atoms with van der Waals surface area (Å²) in [6.45, 7) is 3.62. The van der Waals surface area contributed by atoms with Gasteiger partial charge in [-0.25, -0.2) is 4.98 Å². The number of nitrogens with zero attached hydrogens (tertiary/aromatic N) is 2. The third kappa shape index (κ3) is 3.68. The molecule has 8 heteroatoms. The second-order valence-electron chi connectivity index (χ2n) is 7.25. The Hall–Kier alpha value is -2.84. The summed E-state index contributed by atoms with van der Waals surface area (Å²) in [5.74, 6) is -1.59. The summed E-state index contributed by atoms with van der Waals surface area (Å²) in [6, 6.07) is 13.4. The highest BCUT2D eigenvalue weighted by molar-refractivity contribution is 9.10. The third-order valence-electron chi connectivity index (χ3n) is 4.88. The summed E-state index contributed by atoms with van der Waals surface area (Å²) < 4.78 is 0.968. The van der Waals surface area contributed by atoms with E-state index in [4.69, 9.17) is 0 Å². The van der Waals surface area contributed by atoms with E-state index in [9.17, 15) is 14.4 Å². The minimum absolute atomic E-state index is 0.266. The molecule has 1 aliphatic rings. The molecule has 152 valence electrons. The monoisotopic (exact) mass is 483 g/mol. The van der Waals surface area contributed by atoms with Gasteiger partial charge in [-0.3, -0.25) is 19.3 Å². The van der Waals surface area contributed by atoms with Gasteiger partial charge < -0.3 is 5.32 Å². The Labute approximate surface area is 186 Å². The number of rotatable bonds is 5. The minimum Gasteiger partial charge on any atom is -0.300 e. The van der Waals surface area contributed by atoms with Crippen molar-refractivity contribution < 1.29 is 14.4 Å². The summed E-state index contributed by atoms with van der Waals surface area (Å²) in [5.41, 5.74) is 2.32. The Morgan fingerprint density at radius 1 is 1.03 bits per heavy atom. The van der Waals surface area contributed by atoms with E-state index < -0.39 is 23.8 Å². The number of hydrogen-bond donors (Lipinski definition) is 1. The molecule has 2 aromatic carbocycles. The lowest BCUT2D eigenvalue weighted by Crippen LogP contribution is -2.50. The standard InChI is InChI=1S/C22H18BrN3O3S/c1-12(2)18(26-20(28)15-5-3-4-6-16(15)21(26)29)19(27)25-22-24-17(11-30-22)13-7-9-14(23)10-8-13/h3-12,18H,1-2H3,(H,24,25,27)/t18-/m0/s1. The maximum Gasteiger partial charge on any atom is 0.262 e. The largest absolute Gasteiger partial charge is 0.300 e. The zero-order valence-corrected chi connectivity index (χ0v) is 18.7. The summed E-state index contributed by atoms with van der Waals surface area (Å²) in [7, 11) is 0. The van der Waals surface area contributed by atoms with Gasteiger partial charge in [0.05, 0.1) is 16.8 Å². The van der Waals surface area contributed by atoms with Crippen molar-refractivity contribution in [3.05, 3.63) is 69.5 Å². The summed E-state index contributed by atoms with van der Waals surface area (Å²) in [4.78, 5) is 44.3. The van der Waals surface area contributed by atoms with Crippen molar-refractivity contribution in [2.75, 3.05) is 5.32 Å². The molecule has 4 rings (SSSR count). The molecule has 1 atom stereocenters. The van der Waals surface area contributed by atoms with Gasteiger partial charge in [0.15, 0.2) is 5.13 Å². The number of halogens is 1. The van der Waals surface area contributed by atoms with Crippen molar-refractivity contribution in [3.63, 3.8) is 0 Å². The van der Waals surface area contributed by atoms with E-state index >= 15 is 0 Å². The first kappa shape index (κ1) is 20.4. The van der Waals surface area contributed by atoms with E-state index in [1.54, 1.807) is 24.3 Å². The molecule has 6 nitrogen and oxygen atoms in total. The van der Waals surface area contributed by atoms with Gasteiger partial charge in [-0.1, -0.05) is 54.0 Å². The average Bonchev–Trinajstić information content (AvgIpc) is 3.28. The maximum absolute atomic E-state index is 13.1. The Morgan fingerprint density at radius 2 is 1.63 bits per heavy atom. The number of carbonyl (C=O) groups excluding carboxylic acids is 3. The number of aromatic nitrogens is 1. The molecular weight excluding hydrogens is 466 g/mol. The lowest BCUT2D eigenvalue weighted by atomic mass is 10.0. The summed E-state index contributed by atoms with van der Waals surface area (Å²) in [5, 5.41) is 5.05. The molecule has 1 aliphatic heterocycles. The molecule has 30 heavy (non-hydrogen) atoms. The van der Waals surface area contributed by atoms with Crippen molar-refractivity contribution in [1.29, 1.82) is 0 Å². The number of hydrogen-bond acceptors (Lipinski definition) is 5. The first-order chi connectivity index (χ1) is 14.4. The van der Waals surface area contributed by atoms with Gasteiger partial charge in [0, 0.05) is 15.4 Å². The van der Waals surface area contributed by atoms with Gasteiger partial charge in [0.2, 0.25) is 5.91 Å². The predicted octanol–water partition coefficient (Wildman–Crippen LogP) is 4.83. The quantitative estimate of drug-likeness (QED) is 0.526. The molecule has 0 unspecified atom stereocenters.